The minimum absolute atomic E-state index is 0.504. The van der Waals surface area contributed by atoms with Gasteiger partial charge in [0.1, 0.15) is 0 Å². The summed E-state index contributed by atoms with van der Waals surface area (Å²) in [6.45, 7) is 4.49. The summed E-state index contributed by atoms with van der Waals surface area (Å²) in [5.74, 6) is 0. The van der Waals surface area contributed by atoms with Gasteiger partial charge in [0.25, 0.3) is 0 Å². The average molecular weight is 329 g/mol. The highest BCUT2D eigenvalue weighted by atomic mass is 16.3. The standard InChI is InChI=1S/C21H44O2/c1-3-5-7-9-11-13-15-17-19-21(23)20(22)18-16-14-12-10-8-6-4-2/h20-23H,3-19H2,1-2H3. The Kier molecular flexibility index (Phi) is 18.2. The first-order valence-electron chi connectivity index (χ1n) is 10.6. The van der Waals surface area contributed by atoms with E-state index in [-0.39, 0.29) is 0 Å². The molecule has 0 radical (unpaired) electrons. The molecule has 2 atom stereocenters. The Morgan fingerprint density at radius 1 is 0.435 bits per heavy atom. The number of aliphatic hydroxyl groups excluding tert-OH is 2. The molecule has 23 heavy (non-hydrogen) atoms. The molecule has 0 saturated carbocycles. The molecule has 0 heterocycles. The van der Waals surface area contributed by atoms with E-state index in [1.54, 1.807) is 0 Å². The van der Waals surface area contributed by atoms with Crippen LogP contribution in [0.5, 0.6) is 0 Å². The summed E-state index contributed by atoms with van der Waals surface area (Å²) >= 11 is 0. The number of hydrogen-bond acceptors (Lipinski definition) is 2. The molecule has 0 aliphatic rings. The van der Waals surface area contributed by atoms with Crippen molar-refractivity contribution in [2.45, 2.75) is 135 Å². The van der Waals surface area contributed by atoms with Gasteiger partial charge >= 0.3 is 0 Å². The fourth-order valence-electron chi connectivity index (χ4n) is 3.18. The SMILES string of the molecule is CCCCCCCCCCC(O)C(O)CCCCCCCCC. The third-order valence-electron chi connectivity index (χ3n) is 4.90. The fourth-order valence-corrected chi connectivity index (χ4v) is 3.18. The van der Waals surface area contributed by atoms with Crippen LogP contribution in [0.2, 0.25) is 0 Å². The van der Waals surface area contributed by atoms with Gasteiger partial charge in [-0.15, -0.1) is 0 Å². The van der Waals surface area contributed by atoms with Gasteiger partial charge in [0, 0.05) is 0 Å². The quantitative estimate of drug-likeness (QED) is 0.287. The highest BCUT2D eigenvalue weighted by Crippen LogP contribution is 2.15. The molecule has 0 spiro atoms. The van der Waals surface area contributed by atoms with E-state index in [4.69, 9.17) is 0 Å². The van der Waals surface area contributed by atoms with Crippen LogP contribution in [-0.2, 0) is 0 Å². The summed E-state index contributed by atoms with van der Waals surface area (Å²) in [6, 6.07) is 0. The van der Waals surface area contributed by atoms with Gasteiger partial charge < -0.3 is 10.2 Å². The highest BCUT2D eigenvalue weighted by molar-refractivity contribution is 4.67. The highest BCUT2D eigenvalue weighted by Gasteiger charge is 2.15. The molecule has 0 bridgehead atoms. The first kappa shape index (κ1) is 22.9. The van der Waals surface area contributed by atoms with E-state index in [1.165, 1.54) is 83.5 Å². The average Bonchev–Trinajstić information content (AvgIpc) is 2.56. The van der Waals surface area contributed by atoms with Gasteiger partial charge in [0.2, 0.25) is 0 Å². The lowest BCUT2D eigenvalue weighted by Crippen LogP contribution is -2.25. The maximum atomic E-state index is 10.0. The predicted molar refractivity (Wildman–Crippen MR) is 102 cm³/mol. The molecular weight excluding hydrogens is 284 g/mol. The van der Waals surface area contributed by atoms with Gasteiger partial charge in [-0.05, 0) is 12.8 Å². The normalized spacial score (nSPS) is 14.1. The molecule has 0 amide bonds. The van der Waals surface area contributed by atoms with Crippen LogP contribution in [0.1, 0.15) is 123 Å². The van der Waals surface area contributed by atoms with Crippen molar-refractivity contribution in [2.75, 3.05) is 0 Å². The molecular formula is C21H44O2. The molecule has 0 fully saturated rings. The van der Waals surface area contributed by atoms with Gasteiger partial charge in [0.15, 0.2) is 0 Å². The molecule has 2 unspecified atom stereocenters. The second-order valence-corrected chi connectivity index (χ2v) is 7.31. The number of hydrogen-bond donors (Lipinski definition) is 2. The van der Waals surface area contributed by atoms with Gasteiger partial charge in [-0.2, -0.15) is 0 Å². The van der Waals surface area contributed by atoms with Crippen LogP contribution in [0.4, 0.5) is 0 Å². The van der Waals surface area contributed by atoms with Crippen molar-refractivity contribution in [1.82, 2.24) is 0 Å². The molecule has 2 nitrogen and oxygen atoms in total. The Balaban J connectivity index is 3.33. The monoisotopic (exact) mass is 328 g/mol. The zero-order chi connectivity index (χ0) is 17.2. The Labute approximate surface area is 146 Å². The molecule has 2 N–H and O–H groups in total. The lowest BCUT2D eigenvalue weighted by atomic mass is 9.99. The molecule has 0 aliphatic heterocycles. The fraction of sp³-hybridized carbons (Fsp3) is 1.00. The summed E-state index contributed by atoms with van der Waals surface area (Å²) in [7, 11) is 0. The van der Waals surface area contributed by atoms with E-state index in [1.807, 2.05) is 0 Å². The summed E-state index contributed by atoms with van der Waals surface area (Å²) < 4.78 is 0. The lowest BCUT2D eigenvalue weighted by molar-refractivity contribution is 0.00711. The minimum atomic E-state index is -0.504. The minimum Gasteiger partial charge on any atom is -0.390 e. The second kappa shape index (κ2) is 18.3. The predicted octanol–water partition coefficient (Wildman–Crippen LogP) is 6.38. The van der Waals surface area contributed by atoms with Crippen molar-refractivity contribution in [3.05, 3.63) is 0 Å². The molecule has 0 rings (SSSR count). The molecule has 0 aromatic rings. The number of unbranched alkanes of at least 4 members (excludes halogenated alkanes) is 13. The maximum absolute atomic E-state index is 10.0. The topological polar surface area (TPSA) is 40.5 Å². The van der Waals surface area contributed by atoms with E-state index in [0.29, 0.717) is 0 Å². The van der Waals surface area contributed by atoms with Crippen LogP contribution >= 0.6 is 0 Å². The van der Waals surface area contributed by atoms with E-state index >= 15 is 0 Å². The smallest absolute Gasteiger partial charge is 0.0799 e. The Morgan fingerprint density at radius 2 is 0.696 bits per heavy atom. The van der Waals surface area contributed by atoms with Gasteiger partial charge in [-0.25, -0.2) is 0 Å². The molecule has 2 heteroatoms. The zero-order valence-electron chi connectivity index (χ0n) is 16.1. The van der Waals surface area contributed by atoms with E-state index in [9.17, 15) is 10.2 Å². The zero-order valence-corrected chi connectivity index (χ0v) is 16.1. The van der Waals surface area contributed by atoms with E-state index in [2.05, 4.69) is 13.8 Å². The Hall–Kier alpha value is -0.0800. The first-order chi connectivity index (χ1) is 11.2. The summed E-state index contributed by atoms with van der Waals surface area (Å²) in [5.41, 5.74) is 0. The molecule has 0 aliphatic carbocycles. The van der Waals surface area contributed by atoms with Crippen molar-refractivity contribution >= 4 is 0 Å². The summed E-state index contributed by atoms with van der Waals surface area (Å²) in [4.78, 5) is 0. The largest absolute Gasteiger partial charge is 0.390 e. The second-order valence-electron chi connectivity index (χ2n) is 7.31. The van der Waals surface area contributed by atoms with Crippen molar-refractivity contribution < 1.29 is 10.2 Å². The van der Waals surface area contributed by atoms with Crippen LogP contribution < -0.4 is 0 Å². The van der Waals surface area contributed by atoms with E-state index < -0.39 is 12.2 Å². The Morgan fingerprint density at radius 3 is 1.00 bits per heavy atom. The van der Waals surface area contributed by atoms with Crippen LogP contribution in [0.15, 0.2) is 0 Å². The van der Waals surface area contributed by atoms with Gasteiger partial charge in [0.05, 0.1) is 12.2 Å². The van der Waals surface area contributed by atoms with Crippen LogP contribution in [0.25, 0.3) is 0 Å². The van der Waals surface area contributed by atoms with Gasteiger partial charge in [-0.3, -0.25) is 0 Å². The van der Waals surface area contributed by atoms with Crippen LogP contribution in [0.3, 0.4) is 0 Å². The molecule has 140 valence electrons. The number of aliphatic hydroxyl groups is 2. The van der Waals surface area contributed by atoms with Crippen LogP contribution in [0, 0.1) is 0 Å². The summed E-state index contributed by atoms with van der Waals surface area (Å²) in [6.07, 6.45) is 19.7. The van der Waals surface area contributed by atoms with Crippen molar-refractivity contribution in [3.8, 4) is 0 Å². The Bertz CT molecular complexity index is 218. The molecule has 0 aromatic heterocycles. The summed E-state index contributed by atoms with van der Waals surface area (Å²) in [5, 5.41) is 20.0. The maximum Gasteiger partial charge on any atom is 0.0799 e. The molecule has 0 saturated heterocycles. The third kappa shape index (κ3) is 16.6. The third-order valence-corrected chi connectivity index (χ3v) is 4.90. The lowest BCUT2D eigenvalue weighted by Gasteiger charge is -2.17. The first-order valence-corrected chi connectivity index (χ1v) is 10.6. The van der Waals surface area contributed by atoms with Crippen molar-refractivity contribution in [2.24, 2.45) is 0 Å². The van der Waals surface area contributed by atoms with E-state index in [0.717, 1.165) is 25.7 Å². The van der Waals surface area contributed by atoms with Crippen LogP contribution in [-0.4, -0.2) is 22.4 Å². The van der Waals surface area contributed by atoms with Gasteiger partial charge in [-0.1, -0.05) is 110 Å². The van der Waals surface area contributed by atoms with Crippen molar-refractivity contribution in [3.63, 3.8) is 0 Å². The molecule has 0 aromatic carbocycles. The number of rotatable bonds is 18. The van der Waals surface area contributed by atoms with Crippen molar-refractivity contribution in [1.29, 1.82) is 0 Å².